The van der Waals surface area contributed by atoms with E-state index < -0.39 is 11.7 Å². The molecule has 0 radical (unpaired) electrons. The van der Waals surface area contributed by atoms with Crippen molar-refractivity contribution in [3.63, 3.8) is 0 Å². The van der Waals surface area contributed by atoms with Crippen LogP contribution >= 0.6 is 0 Å². The molecule has 11 heteroatoms. The van der Waals surface area contributed by atoms with E-state index in [-0.39, 0.29) is 17.6 Å². The van der Waals surface area contributed by atoms with Gasteiger partial charge in [-0.1, -0.05) is 0 Å². The zero-order chi connectivity index (χ0) is 21.6. The van der Waals surface area contributed by atoms with Crippen LogP contribution < -0.4 is 15.4 Å². The third kappa shape index (κ3) is 6.40. The molecule has 0 spiro atoms. The lowest BCUT2D eigenvalue weighted by Gasteiger charge is -2.19. The topological polar surface area (TPSA) is 116 Å². The fourth-order valence-corrected chi connectivity index (χ4v) is 2.27. The van der Waals surface area contributed by atoms with E-state index in [0.717, 1.165) is 0 Å². The van der Waals surface area contributed by atoms with Crippen LogP contribution in [0, 0.1) is 5.82 Å². The van der Waals surface area contributed by atoms with Crippen molar-refractivity contribution >= 4 is 12.0 Å². The van der Waals surface area contributed by atoms with Crippen molar-refractivity contribution in [2.45, 2.75) is 26.4 Å². The second-order valence-corrected chi connectivity index (χ2v) is 7.17. The molecule has 0 atom stereocenters. The zero-order valence-corrected chi connectivity index (χ0v) is 16.8. The highest BCUT2D eigenvalue weighted by Crippen LogP contribution is 2.22. The van der Waals surface area contributed by atoms with Gasteiger partial charge in [-0.05, 0) is 45.0 Å². The van der Waals surface area contributed by atoms with Crippen molar-refractivity contribution in [2.75, 3.05) is 18.4 Å². The predicted octanol–water partition coefficient (Wildman–Crippen LogP) is 2.93. The van der Waals surface area contributed by atoms with E-state index in [4.69, 9.17) is 9.47 Å². The summed E-state index contributed by atoms with van der Waals surface area (Å²) in [5, 5.41) is 13.2. The first-order valence-electron chi connectivity index (χ1n) is 9.17. The number of nitrogens with zero attached hydrogens (tertiary/aromatic N) is 5. The lowest BCUT2D eigenvalue weighted by molar-refractivity contribution is 0.0530. The molecule has 3 aromatic rings. The van der Waals surface area contributed by atoms with Gasteiger partial charge in [0.1, 0.15) is 35.6 Å². The number of carbonyl (C=O) groups excluding carboxylic acids is 1. The Labute approximate surface area is 172 Å². The van der Waals surface area contributed by atoms with Crippen LogP contribution in [0.2, 0.25) is 0 Å². The van der Waals surface area contributed by atoms with Crippen LogP contribution in [0.1, 0.15) is 20.8 Å². The molecule has 0 saturated carbocycles. The maximum absolute atomic E-state index is 13.1. The standard InChI is InChI=1S/C19H22FN7O3/c1-19(2,3)30-18(28)22-9-8-21-17-25-15(27-11-23-24-12-27)10-16(26-17)29-14-6-4-13(20)5-7-14/h4-7,10-12H,8-9H2,1-3H3,(H,22,28)(H,21,25,26). The van der Waals surface area contributed by atoms with Crippen molar-refractivity contribution in [2.24, 2.45) is 0 Å². The van der Waals surface area contributed by atoms with Crippen LogP contribution in [-0.4, -0.2) is 49.5 Å². The van der Waals surface area contributed by atoms with Gasteiger partial charge in [-0.2, -0.15) is 9.97 Å². The maximum Gasteiger partial charge on any atom is 0.407 e. The number of amides is 1. The van der Waals surface area contributed by atoms with Crippen LogP contribution in [0.15, 0.2) is 43.0 Å². The molecule has 1 aromatic carbocycles. The second-order valence-electron chi connectivity index (χ2n) is 7.17. The summed E-state index contributed by atoms with van der Waals surface area (Å²) >= 11 is 0. The van der Waals surface area contributed by atoms with E-state index in [1.165, 1.54) is 36.9 Å². The first-order valence-corrected chi connectivity index (χ1v) is 9.17. The molecule has 0 fully saturated rings. The molecule has 10 nitrogen and oxygen atoms in total. The number of anilines is 1. The molecule has 0 bridgehead atoms. The highest BCUT2D eigenvalue weighted by atomic mass is 19.1. The minimum Gasteiger partial charge on any atom is -0.444 e. The molecule has 30 heavy (non-hydrogen) atoms. The maximum atomic E-state index is 13.1. The van der Waals surface area contributed by atoms with Crippen LogP contribution in [-0.2, 0) is 4.74 Å². The summed E-state index contributed by atoms with van der Waals surface area (Å²) in [4.78, 5) is 20.4. The SMILES string of the molecule is CC(C)(C)OC(=O)NCCNc1nc(Oc2ccc(F)cc2)cc(-n2cnnc2)n1. The van der Waals surface area contributed by atoms with Gasteiger partial charge in [-0.15, -0.1) is 10.2 Å². The molecule has 2 heterocycles. The Hall–Kier alpha value is -3.76. The molecule has 0 unspecified atom stereocenters. The number of hydrogen-bond donors (Lipinski definition) is 2. The van der Waals surface area contributed by atoms with Crippen molar-refractivity contribution in [3.8, 4) is 17.4 Å². The predicted molar refractivity (Wildman–Crippen MR) is 106 cm³/mol. The molecule has 0 saturated heterocycles. The third-order valence-electron chi connectivity index (χ3n) is 3.48. The van der Waals surface area contributed by atoms with Gasteiger partial charge in [0.15, 0.2) is 0 Å². The van der Waals surface area contributed by atoms with Gasteiger partial charge in [0.25, 0.3) is 0 Å². The summed E-state index contributed by atoms with van der Waals surface area (Å²) in [5.41, 5.74) is -0.569. The van der Waals surface area contributed by atoms with E-state index in [1.54, 1.807) is 31.4 Å². The van der Waals surface area contributed by atoms with Crippen molar-refractivity contribution < 1.29 is 18.7 Å². The number of benzene rings is 1. The Morgan fingerprint density at radius 2 is 1.80 bits per heavy atom. The number of aromatic nitrogens is 5. The van der Waals surface area contributed by atoms with Gasteiger partial charge in [-0.25, -0.2) is 9.18 Å². The van der Waals surface area contributed by atoms with Crippen LogP contribution in [0.25, 0.3) is 5.82 Å². The molecule has 1 amide bonds. The van der Waals surface area contributed by atoms with Gasteiger partial charge < -0.3 is 20.1 Å². The Kier molecular flexibility index (Phi) is 6.40. The first-order chi connectivity index (χ1) is 14.3. The summed E-state index contributed by atoms with van der Waals surface area (Å²) in [6, 6.07) is 7.16. The molecular weight excluding hydrogens is 393 g/mol. The quantitative estimate of drug-likeness (QED) is 0.566. The summed E-state index contributed by atoms with van der Waals surface area (Å²) < 4.78 is 25.6. The van der Waals surface area contributed by atoms with E-state index in [1.807, 2.05) is 0 Å². The van der Waals surface area contributed by atoms with Crippen LogP contribution in [0.4, 0.5) is 15.1 Å². The second kappa shape index (κ2) is 9.16. The Morgan fingerprint density at radius 3 is 2.47 bits per heavy atom. The van der Waals surface area contributed by atoms with E-state index >= 15 is 0 Å². The fraction of sp³-hybridized carbons (Fsp3) is 0.316. The monoisotopic (exact) mass is 415 g/mol. The molecule has 3 rings (SSSR count). The lowest BCUT2D eigenvalue weighted by Crippen LogP contribution is -2.35. The van der Waals surface area contributed by atoms with Crippen molar-refractivity contribution in [3.05, 3.63) is 48.8 Å². The number of ether oxygens (including phenoxy) is 2. The zero-order valence-electron chi connectivity index (χ0n) is 16.8. The van der Waals surface area contributed by atoms with Crippen LogP contribution in [0.5, 0.6) is 11.6 Å². The molecule has 2 aromatic heterocycles. The number of nitrogens with one attached hydrogen (secondary N) is 2. The largest absolute Gasteiger partial charge is 0.444 e. The Morgan fingerprint density at radius 1 is 1.10 bits per heavy atom. The average Bonchev–Trinajstić information content (AvgIpc) is 3.20. The van der Waals surface area contributed by atoms with Crippen LogP contribution in [0.3, 0.4) is 0 Å². The third-order valence-corrected chi connectivity index (χ3v) is 3.48. The highest BCUT2D eigenvalue weighted by Gasteiger charge is 2.15. The molecule has 2 N–H and O–H groups in total. The average molecular weight is 415 g/mol. The fourth-order valence-electron chi connectivity index (χ4n) is 2.27. The lowest BCUT2D eigenvalue weighted by atomic mass is 10.2. The first kappa shape index (κ1) is 21.0. The number of halogens is 1. The van der Waals surface area contributed by atoms with Gasteiger partial charge in [0, 0.05) is 19.2 Å². The van der Waals surface area contributed by atoms with Gasteiger partial charge in [-0.3, -0.25) is 4.57 Å². The highest BCUT2D eigenvalue weighted by molar-refractivity contribution is 5.67. The summed E-state index contributed by atoms with van der Waals surface area (Å²) in [6.07, 6.45) is 2.46. The van der Waals surface area contributed by atoms with E-state index in [2.05, 4.69) is 30.8 Å². The van der Waals surface area contributed by atoms with E-state index in [9.17, 15) is 9.18 Å². The summed E-state index contributed by atoms with van der Waals surface area (Å²) in [6.45, 7) is 6.01. The molecule has 0 aliphatic heterocycles. The van der Waals surface area contributed by atoms with Crippen molar-refractivity contribution in [1.82, 2.24) is 30.0 Å². The van der Waals surface area contributed by atoms with Gasteiger partial charge >= 0.3 is 6.09 Å². The summed E-state index contributed by atoms with van der Waals surface area (Å²) in [7, 11) is 0. The van der Waals surface area contributed by atoms with E-state index in [0.29, 0.717) is 24.7 Å². The smallest absolute Gasteiger partial charge is 0.407 e. The Bertz CT molecular complexity index is 973. The normalized spacial score (nSPS) is 11.1. The summed E-state index contributed by atoms with van der Waals surface area (Å²) in [5.74, 6) is 1.03. The molecule has 0 aliphatic carbocycles. The number of rotatable bonds is 7. The number of alkyl carbamates (subject to hydrolysis) is 1. The van der Waals surface area contributed by atoms with Crippen molar-refractivity contribution in [1.29, 1.82) is 0 Å². The molecule has 0 aliphatic rings. The minimum atomic E-state index is -0.569. The number of hydrogen-bond acceptors (Lipinski definition) is 8. The number of carbonyl (C=O) groups is 1. The molecular formula is C19H22FN7O3. The molecule has 158 valence electrons. The van der Waals surface area contributed by atoms with Gasteiger partial charge in [0.2, 0.25) is 11.8 Å². The van der Waals surface area contributed by atoms with Gasteiger partial charge in [0.05, 0.1) is 0 Å². The Balaban J connectivity index is 1.67. The minimum absolute atomic E-state index is 0.239.